The fourth-order valence-electron chi connectivity index (χ4n) is 3.22. The largest absolute Gasteiger partial charge is 0.440 e. The van der Waals surface area contributed by atoms with Crippen molar-refractivity contribution in [3.8, 4) is 11.5 Å². The van der Waals surface area contributed by atoms with Gasteiger partial charge in [-0.15, -0.1) is 10.2 Å². The fourth-order valence-corrected chi connectivity index (χ4v) is 5.28. The first kappa shape index (κ1) is 20.2. The second-order valence-corrected chi connectivity index (χ2v) is 9.65. The Kier molecular flexibility index (Phi) is 5.48. The van der Waals surface area contributed by atoms with Crippen LogP contribution in [0.3, 0.4) is 0 Å². The van der Waals surface area contributed by atoms with Crippen LogP contribution in [0.1, 0.15) is 5.89 Å². The minimum absolute atomic E-state index is 0.186. The summed E-state index contributed by atoms with van der Waals surface area (Å²) in [5.41, 5.74) is 2.06. The Morgan fingerprint density at radius 3 is 2.68 bits per heavy atom. The highest BCUT2D eigenvalue weighted by atomic mass is 32.2. The van der Waals surface area contributed by atoms with Crippen molar-refractivity contribution >= 4 is 32.9 Å². The Balaban J connectivity index is 1.32. The summed E-state index contributed by atoms with van der Waals surface area (Å²) in [6.45, 7) is 1.46. The first-order valence-electron chi connectivity index (χ1n) is 9.59. The second-order valence-electron chi connectivity index (χ2n) is 6.78. The lowest BCUT2D eigenvalue weighted by atomic mass is 10.2. The van der Waals surface area contributed by atoms with E-state index in [0.29, 0.717) is 48.7 Å². The van der Waals surface area contributed by atoms with Crippen LogP contribution in [0.5, 0.6) is 0 Å². The van der Waals surface area contributed by atoms with Gasteiger partial charge < -0.3 is 13.6 Å². The number of ether oxygens (including phenoxy) is 1. The van der Waals surface area contributed by atoms with Crippen LogP contribution in [0.4, 0.5) is 0 Å². The zero-order valence-electron chi connectivity index (χ0n) is 16.3. The molecule has 2 aromatic carbocycles. The number of hydrogen-bond acceptors (Lipinski definition) is 9. The summed E-state index contributed by atoms with van der Waals surface area (Å²) in [5.74, 6) is 1.24. The molecule has 1 saturated heterocycles. The third kappa shape index (κ3) is 4.22. The first-order chi connectivity index (χ1) is 15.1. The molecule has 11 heteroatoms. The van der Waals surface area contributed by atoms with Gasteiger partial charge in [-0.1, -0.05) is 30.0 Å². The van der Waals surface area contributed by atoms with Crippen LogP contribution in [-0.2, 0) is 20.5 Å². The normalized spacial score (nSPS) is 15.5. The van der Waals surface area contributed by atoms with Crippen LogP contribution in [0, 0.1) is 0 Å². The smallest absolute Gasteiger partial charge is 0.277 e. The number of fused-ring (bicyclic) bond motifs is 1. The van der Waals surface area contributed by atoms with Gasteiger partial charge in [-0.05, 0) is 30.3 Å². The molecule has 0 aliphatic carbocycles. The number of hydrogen-bond donors (Lipinski definition) is 0. The van der Waals surface area contributed by atoms with Gasteiger partial charge in [0.05, 0.1) is 23.9 Å². The highest BCUT2D eigenvalue weighted by Gasteiger charge is 2.27. The van der Waals surface area contributed by atoms with E-state index >= 15 is 0 Å². The molecular weight excluding hydrogens is 440 g/mol. The third-order valence-electron chi connectivity index (χ3n) is 4.75. The molecular formula is C20H18N4O5S2. The summed E-state index contributed by atoms with van der Waals surface area (Å²) in [4.78, 5) is 4.60. The van der Waals surface area contributed by atoms with Crippen LogP contribution < -0.4 is 0 Å². The monoisotopic (exact) mass is 458 g/mol. The van der Waals surface area contributed by atoms with E-state index in [9.17, 15) is 8.42 Å². The average molecular weight is 459 g/mol. The molecule has 160 valence electrons. The Labute approximate surface area is 182 Å². The van der Waals surface area contributed by atoms with Gasteiger partial charge >= 0.3 is 0 Å². The fraction of sp³-hybridized carbons (Fsp3) is 0.250. The Morgan fingerprint density at radius 2 is 1.84 bits per heavy atom. The lowest BCUT2D eigenvalue weighted by Gasteiger charge is -2.26. The van der Waals surface area contributed by atoms with E-state index in [1.165, 1.54) is 16.1 Å². The molecule has 9 nitrogen and oxygen atoms in total. The second kappa shape index (κ2) is 8.42. The van der Waals surface area contributed by atoms with Gasteiger partial charge in [0, 0.05) is 18.7 Å². The Hall–Kier alpha value is -2.73. The predicted octanol–water partition coefficient (Wildman–Crippen LogP) is 3.19. The topological polar surface area (TPSA) is 112 Å². The van der Waals surface area contributed by atoms with Crippen molar-refractivity contribution in [2.24, 2.45) is 0 Å². The highest BCUT2D eigenvalue weighted by Crippen LogP contribution is 2.28. The van der Waals surface area contributed by atoms with Crippen molar-refractivity contribution < 1.29 is 22.0 Å². The number of sulfonamides is 1. The lowest BCUT2D eigenvalue weighted by molar-refractivity contribution is 0.0730. The van der Waals surface area contributed by atoms with E-state index in [2.05, 4.69) is 15.2 Å². The van der Waals surface area contributed by atoms with Gasteiger partial charge in [-0.2, -0.15) is 4.31 Å². The zero-order chi connectivity index (χ0) is 21.3. The maximum atomic E-state index is 12.9. The molecule has 1 fully saturated rings. The van der Waals surface area contributed by atoms with Crippen molar-refractivity contribution in [2.45, 2.75) is 15.9 Å². The number of oxazole rings is 1. The molecule has 0 radical (unpaired) electrons. The summed E-state index contributed by atoms with van der Waals surface area (Å²) >= 11 is 1.30. The van der Waals surface area contributed by atoms with E-state index in [1.807, 2.05) is 24.3 Å². The molecule has 3 heterocycles. The molecule has 0 bridgehead atoms. The van der Waals surface area contributed by atoms with Gasteiger partial charge in [-0.25, -0.2) is 13.4 Å². The molecule has 1 aliphatic rings. The molecule has 0 N–H and O–H groups in total. The van der Waals surface area contributed by atoms with E-state index in [-0.39, 0.29) is 10.8 Å². The third-order valence-corrected chi connectivity index (χ3v) is 7.45. The zero-order valence-corrected chi connectivity index (χ0v) is 17.9. The Morgan fingerprint density at radius 1 is 1.00 bits per heavy atom. The molecule has 2 aromatic heterocycles. The maximum absolute atomic E-state index is 12.9. The number of para-hydroxylation sites is 2. The average Bonchev–Trinajstić information content (AvgIpc) is 3.45. The number of rotatable bonds is 6. The molecule has 31 heavy (non-hydrogen) atoms. The molecule has 0 atom stereocenters. The standard InChI is InChI=1S/C20H18N4O5S2/c25-31(26,24-8-10-27-11-9-24)15-5-3-4-14(12-15)19-22-23-20(29-19)30-13-18-21-16-6-1-2-7-17(16)28-18/h1-7,12H,8-11,13H2. The molecule has 1 aliphatic heterocycles. The lowest BCUT2D eigenvalue weighted by Crippen LogP contribution is -2.40. The molecule has 5 rings (SSSR count). The maximum Gasteiger partial charge on any atom is 0.277 e. The quantitative estimate of drug-likeness (QED) is 0.402. The predicted molar refractivity (Wildman–Crippen MR) is 113 cm³/mol. The SMILES string of the molecule is O=S(=O)(c1cccc(-c2nnc(SCc3nc4ccccc4o3)o2)c1)N1CCOCC1. The van der Waals surface area contributed by atoms with Gasteiger partial charge in [0.25, 0.3) is 5.22 Å². The van der Waals surface area contributed by atoms with E-state index in [1.54, 1.807) is 24.3 Å². The highest BCUT2D eigenvalue weighted by molar-refractivity contribution is 7.98. The number of thioether (sulfide) groups is 1. The summed E-state index contributed by atoms with van der Waals surface area (Å²) in [5, 5.41) is 8.45. The van der Waals surface area contributed by atoms with Gasteiger partial charge in [-0.3, -0.25) is 0 Å². The number of nitrogens with zero attached hydrogens (tertiary/aromatic N) is 4. The van der Waals surface area contributed by atoms with E-state index < -0.39 is 10.0 Å². The van der Waals surface area contributed by atoms with Crippen LogP contribution >= 0.6 is 11.8 Å². The molecule has 4 aromatic rings. The van der Waals surface area contributed by atoms with Crippen molar-refractivity contribution in [3.05, 3.63) is 54.4 Å². The van der Waals surface area contributed by atoms with Gasteiger partial charge in [0.15, 0.2) is 5.58 Å². The van der Waals surface area contributed by atoms with Gasteiger partial charge in [0.2, 0.25) is 21.8 Å². The molecule has 0 spiro atoms. The minimum Gasteiger partial charge on any atom is -0.440 e. The number of aromatic nitrogens is 3. The van der Waals surface area contributed by atoms with Crippen molar-refractivity contribution in [2.75, 3.05) is 26.3 Å². The van der Waals surface area contributed by atoms with Crippen LogP contribution in [0.2, 0.25) is 0 Å². The number of morpholine rings is 1. The summed E-state index contributed by atoms with van der Waals surface area (Å²) in [6.07, 6.45) is 0. The number of benzene rings is 2. The van der Waals surface area contributed by atoms with Crippen LogP contribution in [0.25, 0.3) is 22.6 Å². The minimum atomic E-state index is -3.61. The van der Waals surface area contributed by atoms with Crippen LogP contribution in [-0.4, -0.2) is 54.2 Å². The first-order valence-corrected chi connectivity index (χ1v) is 12.0. The van der Waals surface area contributed by atoms with Crippen molar-refractivity contribution in [3.63, 3.8) is 0 Å². The molecule has 0 saturated carbocycles. The Bertz CT molecular complexity index is 1280. The summed E-state index contributed by atoms with van der Waals surface area (Å²) in [7, 11) is -3.61. The van der Waals surface area contributed by atoms with Crippen molar-refractivity contribution in [1.29, 1.82) is 0 Å². The molecule has 0 amide bonds. The summed E-state index contributed by atoms with van der Waals surface area (Å²) in [6, 6.07) is 14.1. The van der Waals surface area contributed by atoms with E-state index in [4.69, 9.17) is 13.6 Å². The van der Waals surface area contributed by atoms with Crippen molar-refractivity contribution in [1.82, 2.24) is 19.5 Å². The van der Waals surface area contributed by atoms with Gasteiger partial charge in [0.1, 0.15) is 5.52 Å². The summed E-state index contributed by atoms with van der Waals surface area (Å²) < 4.78 is 43.9. The van der Waals surface area contributed by atoms with E-state index in [0.717, 1.165) is 11.1 Å². The van der Waals surface area contributed by atoms with Crippen LogP contribution in [0.15, 0.2) is 67.5 Å². The molecule has 0 unspecified atom stereocenters.